The highest BCUT2D eigenvalue weighted by Crippen LogP contribution is 2.55. The number of ether oxygens (including phenoxy) is 1. The van der Waals surface area contributed by atoms with Crippen molar-refractivity contribution < 1.29 is 13.4 Å². The predicted octanol–water partition coefficient (Wildman–Crippen LogP) is 5.75. The maximum absolute atomic E-state index is 13.8. The molecule has 10 nitrogen and oxygen atoms in total. The van der Waals surface area contributed by atoms with Crippen LogP contribution in [0.3, 0.4) is 0 Å². The van der Waals surface area contributed by atoms with Gasteiger partial charge in [-0.25, -0.2) is 15.0 Å². The van der Waals surface area contributed by atoms with Gasteiger partial charge >= 0.3 is 6.03 Å². The number of hydrogen-bond acceptors (Lipinski definition) is 8. The minimum absolute atomic E-state index is 0.0263. The number of fused-ring (bicyclic) bond motifs is 3. The topological polar surface area (TPSA) is 129 Å². The van der Waals surface area contributed by atoms with Crippen molar-refractivity contribution in [2.45, 2.75) is 62.6 Å². The SMILES string of the molecule is C=C(OCC)c1c(C2CC3CCC(C2)B3C#N)nc2c(-c3ccc(C4(C)NC(=O)NC4=C)nc3)cnn2c1NSF. The molecule has 3 N–H and O–H groups in total. The van der Waals surface area contributed by atoms with Gasteiger partial charge in [-0.15, -0.1) is 3.89 Å². The first-order chi connectivity index (χ1) is 19.8. The third-order valence-corrected chi connectivity index (χ3v) is 9.13. The van der Waals surface area contributed by atoms with Crippen molar-refractivity contribution >= 4 is 42.3 Å². The van der Waals surface area contributed by atoms with E-state index in [1.165, 1.54) is 0 Å². The number of amides is 2. The lowest BCUT2D eigenvalue weighted by molar-refractivity contribution is 0.245. The summed E-state index contributed by atoms with van der Waals surface area (Å²) in [5.41, 5.74) is 3.71. The van der Waals surface area contributed by atoms with Crippen LogP contribution < -0.4 is 15.4 Å². The Balaban J connectivity index is 1.47. The summed E-state index contributed by atoms with van der Waals surface area (Å²) in [4.78, 5) is 21.7. The van der Waals surface area contributed by atoms with Crippen LogP contribution in [0.15, 0.2) is 43.4 Å². The summed E-state index contributed by atoms with van der Waals surface area (Å²) < 4.78 is 24.0. The van der Waals surface area contributed by atoms with E-state index in [0.29, 0.717) is 52.4 Å². The highest BCUT2D eigenvalue weighted by atomic mass is 32.2. The van der Waals surface area contributed by atoms with Gasteiger partial charge in [-0.1, -0.05) is 32.1 Å². The summed E-state index contributed by atoms with van der Waals surface area (Å²) in [6.07, 6.45) is 7.11. The minimum atomic E-state index is -0.840. The maximum atomic E-state index is 13.8. The molecule has 3 aromatic heterocycles. The van der Waals surface area contributed by atoms with Crippen LogP contribution in [0.1, 0.15) is 62.4 Å². The number of hydrogen-bond donors (Lipinski definition) is 3. The van der Waals surface area contributed by atoms with Crippen LogP contribution in [0.5, 0.6) is 0 Å². The molecular formula is C28H30BFN8O2S. The summed E-state index contributed by atoms with van der Waals surface area (Å²) in [5.74, 6) is 4.01. The summed E-state index contributed by atoms with van der Waals surface area (Å²) in [5, 5.41) is 19.9. The lowest BCUT2D eigenvalue weighted by Crippen LogP contribution is -2.36. The molecule has 3 aliphatic rings. The van der Waals surface area contributed by atoms with E-state index in [-0.39, 0.29) is 31.0 Å². The molecule has 3 aromatic rings. The predicted molar refractivity (Wildman–Crippen MR) is 157 cm³/mol. The Bertz CT molecular complexity index is 1590. The number of rotatable bonds is 8. The molecule has 41 heavy (non-hydrogen) atoms. The Labute approximate surface area is 242 Å². The highest BCUT2D eigenvalue weighted by Gasteiger charge is 2.47. The second-order valence-corrected chi connectivity index (χ2v) is 11.4. The lowest BCUT2D eigenvalue weighted by atomic mass is 9.34. The standard InChI is InChI=1S/C28H30BFN8O2S/c1-5-40-15(2)23-24(18-10-19-7-8-20(11-18)29(19)14-31)35-25-21(13-33-38(25)26(23)37-41-30)17-6-9-22(32-12-17)28(4)16(3)34-27(39)36-28/h6,9,12-13,18-20,37H,2-3,5,7-8,10-11H2,1,4H3,(H2,34,36,39). The fourth-order valence-corrected chi connectivity index (χ4v) is 7.05. The van der Waals surface area contributed by atoms with Crippen molar-refractivity contribution in [3.05, 3.63) is 60.3 Å². The van der Waals surface area contributed by atoms with E-state index < -0.39 is 5.54 Å². The van der Waals surface area contributed by atoms with E-state index in [9.17, 15) is 13.9 Å². The molecule has 2 amide bonds. The van der Waals surface area contributed by atoms with Gasteiger partial charge in [-0.05, 0) is 44.4 Å². The number of pyridine rings is 1. The van der Waals surface area contributed by atoms with Crippen molar-refractivity contribution in [3.63, 3.8) is 0 Å². The van der Waals surface area contributed by atoms with Gasteiger partial charge in [0.2, 0.25) is 0 Å². The summed E-state index contributed by atoms with van der Waals surface area (Å²) in [6, 6.07) is 3.41. The van der Waals surface area contributed by atoms with Gasteiger partial charge in [0.1, 0.15) is 11.3 Å². The second-order valence-electron chi connectivity index (χ2n) is 11.1. The summed E-state index contributed by atoms with van der Waals surface area (Å²) >= 11 is -0.0263. The van der Waals surface area contributed by atoms with E-state index in [2.05, 4.69) is 44.6 Å². The molecule has 3 aliphatic heterocycles. The first kappa shape index (κ1) is 27.1. The molecule has 6 heterocycles. The fraction of sp³-hybridized carbons (Fsp3) is 0.393. The van der Waals surface area contributed by atoms with Gasteiger partial charge in [-0.2, -0.15) is 9.61 Å². The van der Waals surface area contributed by atoms with Gasteiger partial charge in [0.25, 0.3) is 6.71 Å². The van der Waals surface area contributed by atoms with E-state index in [1.807, 2.05) is 26.0 Å². The molecule has 0 aromatic carbocycles. The third-order valence-electron chi connectivity index (χ3n) is 8.86. The Morgan fingerprint density at radius 2 is 2.12 bits per heavy atom. The molecule has 6 rings (SSSR count). The Morgan fingerprint density at radius 3 is 2.71 bits per heavy atom. The van der Waals surface area contributed by atoms with Crippen molar-refractivity contribution in [2.75, 3.05) is 11.3 Å². The zero-order valence-corrected chi connectivity index (χ0v) is 23.7. The van der Waals surface area contributed by atoms with Crippen molar-refractivity contribution in [3.8, 4) is 17.1 Å². The molecule has 210 valence electrons. The van der Waals surface area contributed by atoms with Crippen molar-refractivity contribution in [1.82, 2.24) is 30.2 Å². The normalized spacial score (nSPS) is 25.1. The van der Waals surface area contributed by atoms with Crippen LogP contribution in [0, 0.1) is 11.2 Å². The number of aromatic nitrogens is 4. The van der Waals surface area contributed by atoms with E-state index in [4.69, 9.17) is 9.72 Å². The quantitative estimate of drug-likeness (QED) is 0.177. The van der Waals surface area contributed by atoms with Gasteiger partial charge < -0.3 is 15.4 Å². The third kappa shape index (κ3) is 4.41. The number of nitrogens with zero attached hydrogens (tertiary/aromatic N) is 5. The molecular weight excluding hydrogens is 542 g/mol. The average molecular weight is 572 g/mol. The largest absolute Gasteiger partial charge is 0.494 e. The van der Waals surface area contributed by atoms with Crippen molar-refractivity contribution in [2.24, 2.45) is 0 Å². The number of halogens is 1. The molecule has 3 atom stereocenters. The highest BCUT2D eigenvalue weighted by molar-refractivity contribution is 7.95. The van der Waals surface area contributed by atoms with Gasteiger partial charge in [-0.3, -0.25) is 9.71 Å². The average Bonchev–Trinajstić information content (AvgIpc) is 3.58. The Hall–Kier alpha value is -4.05. The molecule has 3 saturated heterocycles. The van der Waals surface area contributed by atoms with Crippen molar-refractivity contribution in [1.29, 1.82) is 5.26 Å². The number of urea groups is 1. The second kappa shape index (κ2) is 10.4. The van der Waals surface area contributed by atoms with E-state index >= 15 is 0 Å². The molecule has 2 bridgehead atoms. The van der Waals surface area contributed by atoms with Gasteiger partial charge in [0, 0.05) is 34.9 Å². The van der Waals surface area contributed by atoms with Crippen LogP contribution in [0.4, 0.5) is 14.5 Å². The molecule has 13 heteroatoms. The van der Waals surface area contributed by atoms with Gasteiger partial charge in [0.05, 0.1) is 29.8 Å². The zero-order chi connectivity index (χ0) is 28.9. The molecule has 3 fully saturated rings. The van der Waals surface area contributed by atoms with Crippen LogP contribution in [0.25, 0.3) is 22.5 Å². The zero-order valence-electron chi connectivity index (χ0n) is 22.9. The molecule has 0 radical (unpaired) electrons. The Kier molecular flexibility index (Phi) is 6.89. The Morgan fingerprint density at radius 1 is 1.37 bits per heavy atom. The number of carbonyl (C=O) groups excluding carboxylic acids is 1. The molecule has 0 saturated carbocycles. The van der Waals surface area contributed by atoms with Crippen LogP contribution in [0.2, 0.25) is 11.6 Å². The monoisotopic (exact) mass is 572 g/mol. The number of anilines is 1. The summed E-state index contributed by atoms with van der Waals surface area (Å²) in [7, 11) is 0. The molecule has 0 aliphatic carbocycles. The smallest absolute Gasteiger partial charge is 0.320 e. The lowest BCUT2D eigenvalue weighted by Gasteiger charge is -2.31. The number of nitriles is 1. The van der Waals surface area contributed by atoms with E-state index in [1.54, 1.807) is 16.9 Å². The van der Waals surface area contributed by atoms with Gasteiger partial charge in [0.15, 0.2) is 23.8 Å². The minimum Gasteiger partial charge on any atom is -0.494 e. The first-order valence-electron chi connectivity index (χ1n) is 13.7. The molecule has 0 spiro atoms. The van der Waals surface area contributed by atoms with E-state index in [0.717, 1.165) is 42.5 Å². The van der Waals surface area contributed by atoms with Crippen LogP contribution in [-0.2, 0) is 10.3 Å². The molecule has 3 unspecified atom stereocenters. The van der Waals surface area contributed by atoms with Crippen LogP contribution in [-0.4, -0.2) is 38.9 Å². The number of nitrogens with one attached hydrogen (secondary N) is 3. The maximum Gasteiger partial charge on any atom is 0.320 e. The van der Waals surface area contributed by atoms with Crippen LogP contribution >= 0.6 is 12.3 Å². The summed E-state index contributed by atoms with van der Waals surface area (Å²) in [6.45, 7) is 12.3. The first-order valence-corrected chi connectivity index (χ1v) is 14.4. The fourth-order valence-electron chi connectivity index (χ4n) is 6.79. The number of carbonyl (C=O) groups is 1.